The molecule has 1 rings (SSSR count). The minimum absolute atomic E-state index is 0.0348. The molecule has 2 atom stereocenters. The summed E-state index contributed by atoms with van der Waals surface area (Å²) in [5, 5.41) is 3.50. The topological polar surface area (TPSA) is 35.6 Å². The fourth-order valence-corrected chi connectivity index (χ4v) is 2.50. The Kier molecular flexibility index (Phi) is 5.40. The molecule has 0 aromatic carbocycles. The van der Waals surface area contributed by atoms with Crippen molar-refractivity contribution in [3.8, 4) is 0 Å². The third-order valence-corrected chi connectivity index (χ3v) is 3.55. The zero-order chi connectivity index (χ0) is 13.0. The van der Waals surface area contributed by atoms with E-state index in [1.54, 1.807) is 4.90 Å². The van der Waals surface area contributed by atoms with Crippen LogP contribution < -0.4 is 5.32 Å². The minimum Gasteiger partial charge on any atom is -0.347 e. The number of likely N-dealkylation sites (N-methyl/N-ethyl adjacent to an activating group) is 1. The quantitative estimate of drug-likeness (QED) is 0.777. The van der Waals surface area contributed by atoms with Crippen LogP contribution in [0.5, 0.6) is 0 Å². The number of hydrogen-bond acceptors (Lipinski definition) is 3. The number of carbonyl (C=O) groups excluding carboxylic acids is 1. The summed E-state index contributed by atoms with van der Waals surface area (Å²) in [7, 11) is 3.65. The van der Waals surface area contributed by atoms with Crippen molar-refractivity contribution in [2.45, 2.75) is 51.7 Å². The van der Waals surface area contributed by atoms with Crippen molar-refractivity contribution in [3.63, 3.8) is 0 Å². The van der Waals surface area contributed by atoms with Gasteiger partial charge in [0, 0.05) is 32.7 Å². The maximum Gasteiger partial charge on any atom is 0.239 e. The summed E-state index contributed by atoms with van der Waals surface area (Å²) in [5.41, 5.74) is 0. The van der Waals surface area contributed by atoms with E-state index in [9.17, 15) is 4.79 Å². The van der Waals surface area contributed by atoms with Gasteiger partial charge in [-0.25, -0.2) is 0 Å². The molecule has 0 radical (unpaired) electrons. The first-order valence-electron chi connectivity index (χ1n) is 6.63. The Hall–Kier alpha value is -0.610. The van der Waals surface area contributed by atoms with Crippen LogP contribution in [-0.4, -0.2) is 61.0 Å². The van der Waals surface area contributed by atoms with Gasteiger partial charge in [0.25, 0.3) is 0 Å². The highest BCUT2D eigenvalue weighted by molar-refractivity contribution is 5.80. The molecule has 0 saturated carbocycles. The normalized spacial score (nSPS) is 22.2. The lowest BCUT2D eigenvalue weighted by molar-refractivity contribution is -0.134. The number of nitrogens with zero attached hydrogens (tertiary/aromatic N) is 2. The fraction of sp³-hybridized carbons (Fsp3) is 0.923. The number of nitrogens with one attached hydrogen (secondary N) is 1. The molecule has 0 aliphatic carbocycles. The summed E-state index contributed by atoms with van der Waals surface area (Å²) >= 11 is 0. The molecule has 0 aromatic rings. The predicted molar refractivity (Wildman–Crippen MR) is 71.0 cm³/mol. The monoisotopic (exact) mass is 241 g/mol. The van der Waals surface area contributed by atoms with Crippen molar-refractivity contribution in [1.29, 1.82) is 0 Å². The Morgan fingerprint density at radius 1 is 1.35 bits per heavy atom. The first-order chi connectivity index (χ1) is 7.93. The highest BCUT2D eigenvalue weighted by Crippen LogP contribution is 2.13. The van der Waals surface area contributed by atoms with Crippen LogP contribution in [0, 0.1) is 0 Å². The summed E-state index contributed by atoms with van der Waals surface area (Å²) in [6.07, 6.45) is 2.48. The molecular formula is C13H27N3O. The van der Waals surface area contributed by atoms with Crippen LogP contribution in [0.3, 0.4) is 0 Å². The number of amides is 1. The van der Waals surface area contributed by atoms with Crippen LogP contribution in [0.4, 0.5) is 0 Å². The molecule has 17 heavy (non-hydrogen) atoms. The second-order valence-electron chi connectivity index (χ2n) is 5.49. The number of hydrogen-bond donors (Lipinski definition) is 1. The van der Waals surface area contributed by atoms with Gasteiger partial charge in [-0.3, -0.25) is 9.69 Å². The first-order valence-corrected chi connectivity index (χ1v) is 6.63. The van der Waals surface area contributed by atoms with Crippen molar-refractivity contribution >= 4 is 5.91 Å². The molecular weight excluding hydrogens is 214 g/mol. The lowest BCUT2D eigenvalue weighted by Gasteiger charge is -2.35. The largest absolute Gasteiger partial charge is 0.347 e. The van der Waals surface area contributed by atoms with Crippen LogP contribution in [0.1, 0.15) is 33.6 Å². The number of carbonyl (C=O) groups is 1. The second-order valence-corrected chi connectivity index (χ2v) is 5.49. The van der Waals surface area contributed by atoms with E-state index in [-0.39, 0.29) is 11.9 Å². The minimum atomic E-state index is -0.0348. The zero-order valence-corrected chi connectivity index (χ0v) is 11.9. The van der Waals surface area contributed by atoms with Gasteiger partial charge >= 0.3 is 0 Å². The van der Waals surface area contributed by atoms with Gasteiger partial charge in [0.1, 0.15) is 0 Å². The maximum atomic E-state index is 12.0. The molecule has 4 heteroatoms. The summed E-state index contributed by atoms with van der Waals surface area (Å²) < 4.78 is 0. The molecule has 100 valence electrons. The van der Waals surface area contributed by atoms with E-state index in [0.29, 0.717) is 12.1 Å². The van der Waals surface area contributed by atoms with Crippen LogP contribution in [0.25, 0.3) is 0 Å². The third kappa shape index (κ3) is 3.96. The van der Waals surface area contributed by atoms with Gasteiger partial charge in [-0.05, 0) is 40.2 Å². The van der Waals surface area contributed by atoms with Crippen LogP contribution in [0.2, 0.25) is 0 Å². The van der Waals surface area contributed by atoms with Crippen LogP contribution >= 0.6 is 0 Å². The van der Waals surface area contributed by atoms with E-state index < -0.39 is 0 Å². The molecule has 0 bridgehead atoms. The molecule has 1 heterocycles. The Morgan fingerprint density at radius 2 is 2.00 bits per heavy atom. The molecule has 4 nitrogen and oxygen atoms in total. The molecule has 1 aliphatic rings. The van der Waals surface area contributed by atoms with Gasteiger partial charge in [-0.15, -0.1) is 0 Å². The highest BCUT2D eigenvalue weighted by Gasteiger charge is 2.28. The fourth-order valence-electron chi connectivity index (χ4n) is 2.50. The average Bonchev–Trinajstić information content (AvgIpc) is 2.76. The smallest absolute Gasteiger partial charge is 0.239 e. The Morgan fingerprint density at radius 3 is 2.41 bits per heavy atom. The molecule has 1 N–H and O–H groups in total. The summed E-state index contributed by atoms with van der Waals surface area (Å²) in [6.45, 7) is 8.42. The third-order valence-electron chi connectivity index (χ3n) is 3.55. The predicted octanol–water partition coefficient (Wildman–Crippen LogP) is 0.926. The Balaban J connectivity index is 2.60. The maximum absolute atomic E-state index is 12.0. The molecule has 1 amide bonds. The van der Waals surface area contributed by atoms with Crippen LogP contribution in [0.15, 0.2) is 0 Å². The lowest BCUT2D eigenvalue weighted by Crippen LogP contribution is -2.51. The van der Waals surface area contributed by atoms with E-state index in [0.717, 1.165) is 13.1 Å². The van der Waals surface area contributed by atoms with E-state index in [2.05, 4.69) is 24.1 Å². The molecule has 0 spiro atoms. The Bertz CT molecular complexity index is 247. The van der Waals surface area contributed by atoms with Gasteiger partial charge in [-0.2, -0.15) is 0 Å². The second kappa shape index (κ2) is 6.36. The summed E-state index contributed by atoms with van der Waals surface area (Å²) in [6, 6.07) is 0.915. The molecule has 1 saturated heterocycles. The van der Waals surface area contributed by atoms with Gasteiger partial charge in [0.2, 0.25) is 5.91 Å². The van der Waals surface area contributed by atoms with E-state index in [4.69, 9.17) is 0 Å². The van der Waals surface area contributed by atoms with E-state index in [1.165, 1.54) is 12.8 Å². The van der Waals surface area contributed by atoms with Crippen molar-refractivity contribution in [1.82, 2.24) is 15.1 Å². The van der Waals surface area contributed by atoms with Gasteiger partial charge < -0.3 is 10.2 Å². The standard InChI is InChI=1S/C13H27N3O/c1-10(2)16(9-12-7-6-8-14-12)11(3)13(17)15(4)5/h10-12,14H,6-9H2,1-5H3. The van der Waals surface area contributed by atoms with Crippen molar-refractivity contribution in [2.24, 2.45) is 0 Å². The van der Waals surface area contributed by atoms with Gasteiger partial charge in [-0.1, -0.05) is 0 Å². The van der Waals surface area contributed by atoms with Crippen molar-refractivity contribution < 1.29 is 4.79 Å². The van der Waals surface area contributed by atoms with Gasteiger partial charge in [0.05, 0.1) is 6.04 Å². The van der Waals surface area contributed by atoms with Crippen molar-refractivity contribution in [2.75, 3.05) is 27.2 Å². The first kappa shape index (κ1) is 14.5. The molecule has 0 aromatic heterocycles. The molecule has 1 fully saturated rings. The summed E-state index contributed by atoms with van der Waals surface area (Å²) in [5.74, 6) is 0.191. The van der Waals surface area contributed by atoms with E-state index in [1.807, 2.05) is 21.0 Å². The van der Waals surface area contributed by atoms with Crippen LogP contribution in [-0.2, 0) is 4.79 Å². The summed E-state index contributed by atoms with van der Waals surface area (Å²) in [4.78, 5) is 16.0. The SMILES string of the molecule is CC(C)N(CC1CCCN1)C(C)C(=O)N(C)C. The van der Waals surface area contributed by atoms with Gasteiger partial charge in [0.15, 0.2) is 0 Å². The lowest BCUT2D eigenvalue weighted by atomic mass is 10.1. The highest BCUT2D eigenvalue weighted by atomic mass is 16.2. The average molecular weight is 241 g/mol. The number of rotatable bonds is 5. The molecule has 1 aliphatic heterocycles. The van der Waals surface area contributed by atoms with Crippen molar-refractivity contribution in [3.05, 3.63) is 0 Å². The molecule has 2 unspecified atom stereocenters. The van der Waals surface area contributed by atoms with E-state index >= 15 is 0 Å². The Labute approximate surface area is 105 Å². The zero-order valence-electron chi connectivity index (χ0n) is 11.9.